The SMILES string of the molecule is O=C(C[S@@](=O)Cc1cnn(-c2ccccc2)c1-n1cccc1)N1CCN(c2ccccn2)CC1. The van der Waals surface area contributed by atoms with Gasteiger partial charge in [-0.3, -0.25) is 9.00 Å². The van der Waals surface area contributed by atoms with E-state index in [1.165, 1.54) is 0 Å². The fourth-order valence-electron chi connectivity index (χ4n) is 4.17. The second-order valence-electron chi connectivity index (χ2n) is 8.12. The normalized spacial score (nSPS) is 14.8. The minimum atomic E-state index is -1.35. The van der Waals surface area contributed by atoms with Gasteiger partial charge in [0.25, 0.3) is 0 Å². The Morgan fingerprint density at radius 3 is 2.35 bits per heavy atom. The number of carbonyl (C=O) groups is 1. The standard InChI is InChI=1S/C25H26N6O2S/c32-24(29-16-14-28(15-17-29)23-10-4-5-11-26-23)20-34(33)19-21-18-27-31(22-8-2-1-3-9-22)25(21)30-12-6-7-13-30/h1-13,18H,14-17,19-20H2/t34-/m0/s1. The molecule has 0 radical (unpaired) electrons. The summed E-state index contributed by atoms with van der Waals surface area (Å²) in [5, 5.41) is 4.56. The van der Waals surface area contributed by atoms with Crippen LogP contribution in [0.5, 0.6) is 0 Å². The van der Waals surface area contributed by atoms with Crippen LogP contribution in [0.4, 0.5) is 5.82 Å². The van der Waals surface area contributed by atoms with E-state index in [0.29, 0.717) is 13.1 Å². The van der Waals surface area contributed by atoms with Crippen molar-refractivity contribution in [1.82, 2.24) is 24.2 Å². The summed E-state index contributed by atoms with van der Waals surface area (Å²) in [5.41, 5.74) is 1.76. The molecule has 1 aromatic carbocycles. The van der Waals surface area contributed by atoms with Gasteiger partial charge in [0.2, 0.25) is 5.91 Å². The van der Waals surface area contributed by atoms with Crippen molar-refractivity contribution in [2.45, 2.75) is 5.75 Å². The van der Waals surface area contributed by atoms with Gasteiger partial charge in [-0.2, -0.15) is 5.10 Å². The van der Waals surface area contributed by atoms with Crippen LogP contribution in [0.2, 0.25) is 0 Å². The van der Waals surface area contributed by atoms with Crippen LogP contribution in [0.3, 0.4) is 0 Å². The van der Waals surface area contributed by atoms with Crippen molar-refractivity contribution in [3.8, 4) is 11.5 Å². The molecular weight excluding hydrogens is 448 g/mol. The zero-order valence-corrected chi connectivity index (χ0v) is 19.6. The Bertz CT molecular complexity index is 1250. The average molecular weight is 475 g/mol. The van der Waals surface area contributed by atoms with Crippen molar-refractivity contribution in [2.24, 2.45) is 0 Å². The molecule has 1 aliphatic rings. The van der Waals surface area contributed by atoms with Crippen molar-refractivity contribution < 1.29 is 9.00 Å². The first kappa shape index (κ1) is 22.1. The van der Waals surface area contributed by atoms with Crippen LogP contribution in [0.1, 0.15) is 5.56 Å². The lowest BCUT2D eigenvalue weighted by atomic mass is 10.3. The largest absolute Gasteiger partial charge is 0.353 e. The molecular formula is C25H26N6O2S. The molecule has 4 aromatic rings. The number of amides is 1. The second-order valence-corrected chi connectivity index (χ2v) is 9.57. The minimum Gasteiger partial charge on any atom is -0.353 e. The summed E-state index contributed by atoms with van der Waals surface area (Å²) in [6.45, 7) is 2.65. The lowest BCUT2D eigenvalue weighted by Gasteiger charge is -2.35. The third kappa shape index (κ3) is 4.79. The van der Waals surface area contributed by atoms with Gasteiger partial charge >= 0.3 is 0 Å². The predicted molar refractivity (Wildman–Crippen MR) is 133 cm³/mol. The topological polar surface area (TPSA) is 76.3 Å². The maximum atomic E-state index is 13.0. The van der Waals surface area contributed by atoms with Crippen molar-refractivity contribution in [3.63, 3.8) is 0 Å². The van der Waals surface area contributed by atoms with Gasteiger partial charge in [0.15, 0.2) is 0 Å². The maximum Gasteiger partial charge on any atom is 0.235 e. The van der Waals surface area contributed by atoms with Crippen molar-refractivity contribution in [1.29, 1.82) is 0 Å². The highest BCUT2D eigenvalue weighted by atomic mass is 32.2. The van der Waals surface area contributed by atoms with E-state index in [1.54, 1.807) is 17.3 Å². The Labute approximate surface area is 200 Å². The summed E-state index contributed by atoms with van der Waals surface area (Å²) >= 11 is 0. The monoisotopic (exact) mass is 474 g/mol. The first-order valence-corrected chi connectivity index (χ1v) is 12.7. The third-order valence-corrected chi connectivity index (χ3v) is 7.08. The van der Waals surface area contributed by atoms with Gasteiger partial charge in [0, 0.05) is 61.1 Å². The molecule has 0 bridgehead atoms. The number of rotatable bonds is 7. The van der Waals surface area contributed by atoms with Gasteiger partial charge in [0.05, 0.1) is 17.6 Å². The van der Waals surface area contributed by atoms with Crippen molar-refractivity contribution in [3.05, 3.63) is 91.0 Å². The molecule has 0 saturated carbocycles. The van der Waals surface area contributed by atoms with Crippen LogP contribution in [-0.4, -0.2) is 66.3 Å². The van der Waals surface area contributed by atoms with Crippen LogP contribution in [0, 0.1) is 0 Å². The molecule has 0 spiro atoms. The zero-order chi connectivity index (χ0) is 23.3. The molecule has 1 aliphatic heterocycles. The highest BCUT2D eigenvalue weighted by Gasteiger charge is 2.24. The molecule has 4 heterocycles. The molecule has 0 aliphatic carbocycles. The van der Waals surface area contributed by atoms with Crippen LogP contribution in [0.15, 0.2) is 85.5 Å². The molecule has 174 valence electrons. The highest BCUT2D eigenvalue weighted by Crippen LogP contribution is 2.21. The third-order valence-electron chi connectivity index (χ3n) is 5.87. The fourth-order valence-corrected chi connectivity index (χ4v) is 5.28. The highest BCUT2D eigenvalue weighted by molar-refractivity contribution is 7.84. The molecule has 8 nitrogen and oxygen atoms in total. The predicted octanol–water partition coefficient (Wildman–Crippen LogP) is 2.66. The van der Waals surface area contributed by atoms with E-state index in [4.69, 9.17) is 0 Å². The Kier molecular flexibility index (Phi) is 6.53. The second kappa shape index (κ2) is 10.0. The molecule has 1 atom stereocenters. The molecule has 5 rings (SSSR count). The Hall–Kier alpha value is -3.72. The molecule has 0 N–H and O–H groups in total. The zero-order valence-electron chi connectivity index (χ0n) is 18.7. The van der Waals surface area contributed by atoms with E-state index >= 15 is 0 Å². The van der Waals surface area contributed by atoms with Crippen LogP contribution >= 0.6 is 0 Å². The van der Waals surface area contributed by atoms with E-state index < -0.39 is 10.8 Å². The number of aromatic nitrogens is 4. The molecule has 1 amide bonds. The van der Waals surface area contributed by atoms with Gasteiger partial charge in [-0.25, -0.2) is 9.67 Å². The van der Waals surface area contributed by atoms with Gasteiger partial charge < -0.3 is 14.4 Å². The summed E-state index contributed by atoms with van der Waals surface area (Å²) in [7, 11) is -1.35. The number of anilines is 1. The Morgan fingerprint density at radius 1 is 0.912 bits per heavy atom. The molecule has 3 aromatic heterocycles. The number of hydrogen-bond acceptors (Lipinski definition) is 5. The minimum absolute atomic E-state index is 0.00518. The molecule has 1 fully saturated rings. The molecule has 34 heavy (non-hydrogen) atoms. The van der Waals surface area contributed by atoms with E-state index in [0.717, 1.165) is 36.0 Å². The maximum absolute atomic E-state index is 13.0. The number of carbonyl (C=O) groups excluding carboxylic acids is 1. The Balaban J connectivity index is 1.25. The Morgan fingerprint density at radius 2 is 1.65 bits per heavy atom. The quantitative estimate of drug-likeness (QED) is 0.412. The summed E-state index contributed by atoms with van der Waals surface area (Å²) in [4.78, 5) is 21.2. The molecule has 0 unspecified atom stereocenters. The first-order chi connectivity index (χ1) is 16.7. The summed E-state index contributed by atoms with van der Waals surface area (Å²) in [5.74, 6) is 1.95. The van der Waals surface area contributed by atoms with Gasteiger partial charge in [-0.15, -0.1) is 0 Å². The number of pyridine rings is 1. The number of benzene rings is 1. The van der Waals surface area contributed by atoms with Gasteiger partial charge in [0.1, 0.15) is 17.4 Å². The van der Waals surface area contributed by atoms with E-state index in [-0.39, 0.29) is 17.4 Å². The number of nitrogens with zero attached hydrogens (tertiary/aromatic N) is 6. The van der Waals surface area contributed by atoms with Crippen LogP contribution in [0.25, 0.3) is 11.5 Å². The molecule has 1 saturated heterocycles. The van der Waals surface area contributed by atoms with Gasteiger partial charge in [-0.05, 0) is 36.4 Å². The van der Waals surface area contributed by atoms with Crippen molar-refractivity contribution >= 4 is 22.5 Å². The van der Waals surface area contributed by atoms with Crippen LogP contribution in [-0.2, 0) is 21.3 Å². The number of piperazine rings is 1. The lowest BCUT2D eigenvalue weighted by molar-refractivity contribution is -0.128. The number of hydrogen-bond donors (Lipinski definition) is 0. The first-order valence-electron chi connectivity index (χ1n) is 11.2. The summed E-state index contributed by atoms with van der Waals surface area (Å²) in [6, 6.07) is 19.6. The van der Waals surface area contributed by atoms with Crippen molar-refractivity contribution in [2.75, 3.05) is 36.8 Å². The van der Waals surface area contributed by atoms with Gasteiger partial charge in [-0.1, -0.05) is 24.3 Å². The summed E-state index contributed by atoms with van der Waals surface area (Å²) < 4.78 is 16.8. The van der Waals surface area contributed by atoms with E-state index in [1.807, 2.05) is 82.3 Å². The fraction of sp³-hybridized carbons (Fsp3) is 0.240. The average Bonchev–Trinajstić information content (AvgIpc) is 3.55. The number of para-hydroxylation sites is 1. The summed E-state index contributed by atoms with van der Waals surface area (Å²) in [6.07, 6.45) is 7.40. The van der Waals surface area contributed by atoms with Crippen LogP contribution < -0.4 is 4.90 Å². The smallest absolute Gasteiger partial charge is 0.235 e. The van der Waals surface area contributed by atoms with E-state index in [2.05, 4.69) is 15.0 Å². The molecule has 9 heteroatoms. The van der Waals surface area contributed by atoms with E-state index in [9.17, 15) is 9.00 Å². The lowest BCUT2D eigenvalue weighted by Crippen LogP contribution is -2.50.